The molecule has 1 fully saturated rings. The van der Waals surface area contributed by atoms with Gasteiger partial charge in [-0.25, -0.2) is 4.98 Å². The fourth-order valence-electron chi connectivity index (χ4n) is 2.74. The van der Waals surface area contributed by atoms with Crippen molar-refractivity contribution < 1.29 is 5.11 Å². The fourth-order valence-corrected chi connectivity index (χ4v) is 2.85. The molecule has 1 unspecified atom stereocenters. The first-order valence-electron chi connectivity index (χ1n) is 7.54. The Morgan fingerprint density at radius 2 is 1.77 bits per heavy atom. The number of rotatable bonds is 4. The van der Waals surface area contributed by atoms with Crippen LogP contribution in [0, 0.1) is 0 Å². The van der Waals surface area contributed by atoms with Crippen molar-refractivity contribution in [3.8, 4) is 0 Å². The predicted molar refractivity (Wildman–Crippen MR) is 89.3 cm³/mol. The van der Waals surface area contributed by atoms with Crippen molar-refractivity contribution in [1.29, 1.82) is 0 Å². The van der Waals surface area contributed by atoms with E-state index < -0.39 is 6.10 Å². The first-order chi connectivity index (χ1) is 10.7. The third-order valence-electron chi connectivity index (χ3n) is 4.02. The SMILES string of the molecule is OC(CN1CCN(c2ccc(Cl)cn2)CC1)c1ccccc1. The average Bonchev–Trinajstić information content (AvgIpc) is 2.57. The van der Waals surface area contributed by atoms with Crippen LogP contribution in [0.4, 0.5) is 5.82 Å². The molecule has 1 atom stereocenters. The Bertz CT molecular complexity index is 583. The van der Waals surface area contributed by atoms with Gasteiger partial charge in [-0.1, -0.05) is 41.9 Å². The van der Waals surface area contributed by atoms with Crippen LogP contribution < -0.4 is 4.90 Å². The second kappa shape index (κ2) is 7.09. The molecule has 116 valence electrons. The van der Waals surface area contributed by atoms with Crippen molar-refractivity contribution in [2.24, 2.45) is 0 Å². The summed E-state index contributed by atoms with van der Waals surface area (Å²) in [6.07, 6.45) is 1.25. The number of benzene rings is 1. The summed E-state index contributed by atoms with van der Waals surface area (Å²) < 4.78 is 0. The summed E-state index contributed by atoms with van der Waals surface area (Å²) in [5.74, 6) is 0.965. The Morgan fingerprint density at radius 3 is 2.41 bits per heavy atom. The van der Waals surface area contributed by atoms with Crippen LogP contribution in [0.1, 0.15) is 11.7 Å². The number of halogens is 1. The molecule has 3 rings (SSSR count). The fraction of sp³-hybridized carbons (Fsp3) is 0.353. The lowest BCUT2D eigenvalue weighted by Crippen LogP contribution is -2.47. The summed E-state index contributed by atoms with van der Waals surface area (Å²) >= 11 is 5.87. The third kappa shape index (κ3) is 3.77. The molecule has 2 aromatic rings. The Kier molecular flexibility index (Phi) is 4.93. The molecule has 1 aliphatic heterocycles. The largest absolute Gasteiger partial charge is 0.387 e. The van der Waals surface area contributed by atoms with Crippen molar-refractivity contribution in [3.63, 3.8) is 0 Å². The van der Waals surface area contributed by atoms with E-state index in [0.29, 0.717) is 11.6 Å². The molecular weight excluding hydrogens is 298 g/mol. The van der Waals surface area contributed by atoms with Crippen LogP contribution in [0.5, 0.6) is 0 Å². The van der Waals surface area contributed by atoms with Gasteiger partial charge in [-0.3, -0.25) is 4.90 Å². The minimum Gasteiger partial charge on any atom is -0.387 e. The number of anilines is 1. The molecule has 0 aliphatic carbocycles. The van der Waals surface area contributed by atoms with Gasteiger partial charge in [0.25, 0.3) is 0 Å². The molecule has 1 aromatic heterocycles. The lowest BCUT2D eigenvalue weighted by molar-refractivity contribution is 0.109. The van der Waals surface area contributed by atoms with Crippen LogP contribution in [0.3, 0.4) is 0 Å². The number of pyridine rings is 1. The maximum absolute atomic E-state index is 10.3. The van der Waals surface area contributed by atoms with Crippen LogP contribution in [-0.4, -0.2) is 47.7 Å². The lowest BCUT2D eigenvalue weighted by atomic mass is 10.1. The Labute approximate surface area is 136 Å². The van der Waals surface area contributed by atoms with Crippen molar-refractivity contribution in [3.05, 3.63) is 59.2 Å². The van der Waals surface area contributed by atoms with Crippen molar-refractivity contribution in [1.82, 2.24) is 9.88 Å². The second-order valence-electron chi connectivity index (χ2n) is 5.55. The number of aliphatic hydroxyl groups is 1. The van der Waals surface area contributed by atoms with Crippen LogP contribution in [0.25, 0.3) is 0 Å². The third-order valence-corrected chi connectivity index (χ3v) is 4.25. The van der Waals surface area contributed by atoms with E-state index in [-0.39, 0.29) is 0 Å². The topological polar surface area (TPSA) is 39.6 Å². The lowest BCUT2D eigenvalue weighted by Gasteiger charge is -2.36. The minimum atomic E-state index is -0.429. The van der Waals surface area contributed by atoms with E-state index in [4.69, 9.17) is 11.6 Å². The average molecular weight is 318 g/mol. The van der Waals surface area contributed by atoms with E-state index in [1.54, 1.807) is 6.20 Å². The van der Waals surface area contributed by atoms with Crippen molar-refractivity contribution in [2.75, 3.05) is 37.6 Å². The molecule has 2 heterocycles. The second-order valence-corrected chi connectivity index (χ2v) is 5.99. The van der Waals surface area contributed by atoms with Gasteiger partial charge in [-0.15, -0.1) is 0 Å². The molecule has 4 nitrogen and oxygen atoms in total. The zero-order valence-corrected chi connectivity index (χ0v) is 13.2. The number of aliphatic hydroxyl groups excluding tert-OH is 1. The molecule has 0 radical (unpaired) electrons. The summed E-state index contributed by atoms with van der Waals surface area (Å²) in [6, 6.07) is 13.7. The summed E-state index contributed by atoms with van der Waals surface area (Å²) in [5, 5.41) is 11.0. The van der Waals surface area contributed by atoms with Gasteiger partial charge in [0.2, 0.25) is 0 Å². The summed E-state index contributed by atoms with van der Waals surface area (Å²) in [4.78, 5) is 8.91. The van der Waals surface area contributed by atoms with Crippen LogP contribution in [0.15, 0.2) is 48.7 Å². The maximum Gasteiger partial charge on any atom is 0.128 e. The van der Waals surface area contributed by atoms with E-state index in [1.807, 2.05) is 42.5 Å². The summed E-state index contributed by atoms with van der Waals surface area (Å²) in [5.41, 5.74) is 0.976. The van der Waals surface area contributed by atoms with Crippen LogP contribution >= 0.6 is 11.6 Å². The number of hydrogen-bond acceptors (Lipinski definition) is 4. The molecule has 1 aliphatic rings. The molecule has 5 heteroatoms. The molecule has 1 aromatic carbocycles. The Morgan fingerprint density at radius 1 is 1.05 bits per heavy atom. The molecule has 0 spiro atoms. The van der Waals surface area contributed by atoms with Gasteiger partial charge in [0.05, 0.1) is 11.1 Å². The van der Waals surface area contributed by atoms with E-state index >= 15 is 0 Å². The van der Waals surface area contributed by atoms with Crippen LogP contribution in [0.2, 0.25) is 5.02 Å². The zero-order valence-electron chi connectivity index (χ0n) is 12.4. The number of aromatic nitrogens is 1. The highest BCUT2D eigenvalue weighted by Gasteiger charge is 2.20. The highest BCUT2D eigenvalue weighted by atomic mass is 35.5. The summed E-state index contributed by atoms with van der Waals surface area (Å²) in [6.45, 7) is 4.35. The molecule has 1 saturated heterocycles. The van der Waals surface area contributed by atoms with E-state index in [1.165, 1.54) is 0 Å². The van der Waals surface area contributed by atoms with Crippen molar-refractivity contribution in [2.45, 2.75) is 6.10 Å². The number of piperazine rings is 1. The smallest absolute Gasteiger partial charge is 0.128 e. The van der Waals surface area contributed by atoms with E-state index in [9.17, 15) is 5.11 Å². The quantitative estimate of drug-likeness (QED) is 0.941. The predicted octanol–water partition coefficient (Wildman–Crippen LogP) is 2.59. The monoisotopic (exact) mass is 317 g/mol. The molecule has 1 N–H and O–H groups in total. The van der Waals surface area contributed by atoms with Gasteiger partial charge in [0.1, 0.15) is 5.82 Å². The highest BCUT2D eigenvalue weighted by Crippen LogP contribution is 2.18. The first-order valence-corrected chi connectivity index (χ1v) is 7.92. The van der Waals surface area contributed by atoms with E-state index in [0.717, 1.165) is 37.6 Å². The number of β-amino-alcohol motifs (C(OH)–C–C–N with tert-alkyl or cyclic N) is 1. The molecule has 22 heavy (non-hydrogen) atoms. The molecular formula is C17H20ClN3O. The molecule has 0 bridgehead atoms. The van der Waals surface area contributed by atoms with Crippen molar-refractivity contribution >= 4 is 17.4 Å². The van der Waals surface area contributed by atoms with Gasteiger partial charge >= 0.3 is 0 Å². The Balaban J connectivity index is 1.52. The zero-order chi connectivity index (χ0) is 15.4. The van der Waals surface area contributed by atoms with Gasteiger partial charge in [0.15, 0.2) is 0 Å². The number of hydrogen-bond donors (Lipinski definition) is 1. The normalized spacial score (nSPS) is 17.5. The highest BCUT2D eigenvalue weighted by molar-refractivity contribution is 6.30. The van der Waals surface area contributed by atoms with Crippen LogP contribution in [-0.2, 0) is 0 Å². The molecule has 0 saturated carbocycles. The minimum absolute atomic E-state index is 0.429. The van der Waals surface area contributed by atoms with Gasteiger partial charge < -0.3 is 10.0 Å². The number of nitrogens with zero attached hydrogens (tertiary/aromatic N) is 3. The summed E-state index contributed by atoms with van der Waals surface area (Å²) in [7, 11) is 0. The molecule has 0 amide bonds. The first kappa shape index (κ1) is 15.3. The van der Waals surface area contributed by atoms with Gasteiger partial charge in [0, 0.05) is 38.9 Å². The van der Waals surface area contributed by atoms with Gasteiger partial charge in [-0.2, -0.15) is 0 Å². The Hall–Kier alpha value is -1.62. The maximum atomic E-state index is 10.3. The van der Waals surface area contributed by atoms with E-state index in [2.05, 4.69) is 14.8 Å². The van der Waals surface area contributed by atoms with Gasteiger partial charge in [-0.05, 0) is 17.7 Å². The standard InChI is InChI=1S/C17H20ClN3O/c18-15-6-7-17(19-12-15)21-10-8-20(9-11-21)13-16(22)14-4-2-1-3-5-14/h1-7,12,16,22H,8-11,13H2.